The highest BCUT2D eigenvalue weighted by atomic mass is 16.5. The standard InChI is InChI=1S/C22H25N3O2/c1-5-27-18-12-10-17(11-13-18)25-21(26)16(14-23)15-24-20-9-7-6-8-19(20)22(2,3)4/h6-13,15,24H,5H2,1-4H3,(H,25,26)/b16-15-. The number of amides is 1. The van der Waals surface area contributed by atoms with E-state index in [1.54, 1.807) is 24.3 Å². The van der Waals surface area contributed by atoms with Crippen LogP contribution in [0.1, 0.15) is 33.3 Å². The van der Waals surface area contributed by atoms with Gasteiger partial charge < -0.3 is 15.4 Å². The zero-order valence-electron chi connectivity index (χ0n) is 16.2. The SMILES string of the molecule is CCOc1ccc(NC(=O)/C(C#N)=C\Nc2ccccc2C(C)(C)C)cc1. The van der Waals surface area contributed by atoms with E-state index in [1.165, 1.54) is 6.20 Å². The van der Waals surface area contributed by atoms with Crippen LogP contribution in [0.2, 0.25) is 0 Å². The highest BCUT2D eigenvalue weighted by molar-refractivity contribution is 6.06. The molecule has 2 aromatic carbocycles. The van der Waals surface area contributed by atoms with E-state index >= 15 is 0 Å². The molecule has 2 N–H and O–H groups in total. The maximum atomic E-state index is 12.4. The topological polar surface area (TPSA) is 74.1 Å². The predicted octanol–water partition coefficient (Wildman–Crippen LogP) is 4.84. The van der Waals surface area contributed by atoms with Crippen molar-refractivity contribution in [1.29, 1.82) is 5.26 Å². The van der Waals surface area contributed by atoms with Crippen LogP contribution in [0, 0.1) is 11.3 Å². The predicted molar refractivity (Wildman–Crippen MR) is 109 cm³/mol. The lowest BCUT2D eigenvalue weighted by atomic mass is 9.86. The fourth-order valence-electron chi connectivity index (χ4n) is 2.56. The Kier molecular flexibility index (Phi) is 6.62. The van der Waals surface area contributed by atoms with Crippen LogP contribution in [-0.4, -0.2) is 12.5 Å². The molecular formula is C22H25N3O2. The summed E-state index contributed by atoms with van der Waals surface area (Å²) in [6.45, 7) is 8.82. The Labute approximate surface area is 160 Å². The Morgan fingerprint density at radius 1 is 1.15 bits per heavy atom. The zero-order valence-corrected chi connectivity index (χ0v) is 16.2. The molecule has 27 heavy (non-hydrogen) atoms. The second-order valence-electron chi connectivity index (χ2n) is 7.02. The van der Waals surface area contributed by atoms with Crippen LogP contribution < -0.4 is 15.4 Å². The molecule has 1 amide bonds. The molecule has 2 rings (SSSR count). The molecule has 2 aromatic rings. The fraction of sp³-hybridized carbons (Fsp3) is 0.273. The van der Waals surface area contributed by atoms with Crippen LogP contribution in [0.25, 0.3) is 0 Å². The lowest BCUT2D eigenvalue weighted by Gasteiger charge is -2.22. The minimum atomic E-state index is -0.470. The summed E-state index contributed by atoms with van der Waals surface area (Å²) < 4.78 is 5.37. The van der Waals surface area contributed by atoms with Gasteiger partial charge in [-0.25, -0.2) is 0 Å². The minimum absolute atomic E-state index is 0.00685. The maximum Gasteiger partial charge on any atom is 0.267 e. The van der Waals surface area contributed by atoms with E-state index in [0.29, 0.717) is 12.3 Å². The maximum absolute atomic E-state index is 12.4. The highest BCUT2D eigenvalue weighted by Crippen LogP contribution is 2.29. The van der Waals surface area contributed by atoms with Gasteiger partial charge in [0.1, 0.15) is 17.4 Å². The summed E-state index contributed by atoms with van der Waals surface area (Å²) in [7, 11) is 0. The highest BCUT2D eigenvalue weighted by Gasteiger charge is 2.17. The second kappa shape index (κ2) is 8.91. The molecule has 0 fully saturated rings. The summed E-state index contributed by atoms with van der Waals surface area (Å²) in [5.41, 5.74) is 2.50. The summed E-state index contributed by atoms with van der Waals surface area (Å²) in [6.07, 6.45) is 1.44. The van der Waals surface area contributed by atoms with Crippen molar-refractivity contribution < 1.29 is 9.53 Å². The number of nitrogens with one attached hydrogen (secondary N) is 2. The number of carbonyl (C=O) groups is 1. The molecule has 0 spiro atoms. The molecule has 140 valence electrons. The van der Waals surface area contributed by atoms with E-state index in [0.717, 1.165) is 17.0 Å². The van der Waals surface area contributed by atoms with Crippen molar-refractivity contribution in [2.75, 3.05) is 17.2 Å². The molecule has 0 bridgehead atoms. The molecular weight excluding hydrogens is 338 g/mol. The molecule has 0 radical (unpaired) electrons. The van der Waals surface area contributed by atoms with Crippen LogP contribution in [0.3, 0.4) is 0 Å². The van der Waals surface area contributed by atoms with E-state index in [2.05, 4.69) is 31.4 Å². The van der Waals surface area contributed by atoms with Gasteiger partial charge in [-0.3, -0.25) is 4.79 Å². The van der Waals surface area contributed by atoms with Crippen LogP contribution in [0.5, 0.6) is 5.75 Å². The van der Waals surface area contributed by atoms with Crippen LogP contribution in [0.15, 0.2) is 60.3 Å². The quantitative estimate of drug-likeness (QED) is 0.569. The second-order valence-corrected chi connectivity index (χ2v) is 7.02. The first-order valence-corrected chi connectivity index (χ1v) is 8.85. The van der Waals surface area contributed by atoms with Crippen molar-refractivity contribution in [2.24, 2.45) is 0 Å². The molecule has 0 saturated carbocycles. The van der Waals surface area contributed by atoms with E-state index < -0.39 is 5.91 Å². The van der Waals surface area contributed by atoms with Crippen molar-refractivity contribution in [3.63, 3.8) is 0 Å². The first-order valence-electron chi connectivity index (χ1n) is 8.85. The molecule has 0 heterocycles. The fourth-order valence-corrected chi connectivity index (χ4v) is 2.56. The third-order valence-corrected chi connectivity index (χ3v) is 3.90. The van der Waals surface area contributed by atoms with Crippen molar-refractivity contribution >= 4 is 17.3 Å². The molecule has 0 unspecified atom stereocenters. The number of nitriles is 1. The van der Waals surface area contributed by atoms with Crippen molar-refractivity contribution in [1.82, 2.24) is 0 Å². The summed E-state index contributed by atoms with van der Waals surface area (Å²) >= 11 is 0. The Hall–Kier alpha value is -3.26. The number of benzene rings is 2. The Balaban J connectivity index is 2.12. The van der Waals surface area contributed by atoms with Crippen molar-refractivity contribution in [3.05, 3.63) is 65.9 Å². The minimum Gasteiger partial charge on any atom is -0.494 e. The van der Waals surface area contributed by atoms with Gasteiger partial charge in [-0.1, -0.05) is 39.0 Å². The summed E-state index contributed by atoms with van der Waals surface area (Å²) in [6, 6.07) is 16.8. The molecule has 0 aliphatic carbocycles. The van der Waals surface area contributed by atoms with E-state index in [-0.39, 0.29) is 11.0 Å². The number of rotatable bonds is 6. The molecule has 0 saturated heterocycles. The molecule has 5 nitrogen and oxygen atoms in total. The van der Waals surface area contributed by atoms with Gasteiger partial charge in [-0.05, 0) is 48.2 Å². The Bertz CT molecular complexity index is 856. The van der Waals surface area contributed by atoms with Crippen LogP contribution in [0.4, 0.5) is 11.4 Å². The average Bonchev–Trinajstić information content (AvgIpc) is 2.63. The average molecular weight is 363 g/mol. The third kappa shape index (κ3) is 5.61. The van der Waals surface area contributed by atoms with E-state index in [1.807, 2.05) is 37.3 Å². The van der Waals surface area contributed by atoms with Gasteiger partial charge in [-0.15, -0.1) is 0 Å². The van der Waals surface area contributed by atoms with Gasteiger partial charge in [0.15, 0.2) is 0 Å². The molecule has 0 aliphatic heterocycles. The van der Waals surface area contributed by atoms with E-state index in [9.17, 15) is 10.1 Å². The number of nitrogens with zero attached hydrogens (tertiary/aromatic N) is 1. The molecule has 0 aliphatic rings. The van der Waals surface area contributed by atoms with Gasteiger partial charge >= 0.3 is 0 Å². The lowest BCUT2D eigenvalue weighted by Crippen LogP contribution is -2.16. The summed E-state index contributed by atoms with van der Waals surface area (Å²) in [4.78, 5) is 12.4. The smallest absolute Gasteiger partial charge is 0.267 e. The molecule has 0 aromatic heterocycles. The first-order chi connectivity index (χ1) is 12.8. The van der Waals surface area contributed by atoms with Gasteiger partial charge in [-0.2, -0.15) is 5.26 Å². The number of para-hydroxylation sites is 1. The number of ether oxygens (including phenoxy) is 1. The molecule has 5 heteroatoms. The lowest BCUT2D eigenvalue weighted by molar-refractivity contribution is -0.112. The largest absolute Gasteiger partial charge is 0.494 e. The number of carbonyl (C=O) groups excluding carboxylic acids is 1. The van der Waals surface area contributed by atoms with Gasteiger partial charge in [0, 0.05) is 17.6 Å². The number of hydrogen-bond acceptors (Lipinski definition) is 4. The number of hydrogen-bond donors (Lipinski definition) is 2. The van der Waals surface area contributed by atoms with Crippen molar-refractivity contribution in [3.8, 4) is 11.8 Å². The normalized spacial score (nSPS) is 11.4. The Morgan fingerprint density at radius 3 is 2.41 bits per heavy atom. The first kappa shape index (κ1) is 20.1. The van der Waals surface area contributed by atoms with Gasteiger partial charge in [0.05, 0.1) is 6.61 Å². The monoisotopic (exact) mass is 363 g/mol. The van der Waals surface area contributed by atoms with Crippen LogP contribution in [-0.2, 0) is 10.2 Å². The van der Waals surface area contributed by atoms with Gasteiger partial charge in [0.2, 0.25) is 0 Å². The third-order valence-electron chi connectivity index (χ3n) is 3.90. The Morgan fingerprint density at radius 2 is 1.81 bits per heavy atom. The van der Waals surface area contributed by atoms with Crippen molar-refractivity contribution in [2.45, 2.75) is 33.1 Å². The van der Waals surface area contributed by atoms with E-state index in [4.69, 9.17) is 4.74 Å². The number of anilines is 2. The van der Waals surface area contributed by atoms with Gasteiger partial charge in [0.25, 0.3) is 5.91 Å². The summed E-state index contributed by atoms with van der Waals surface area (Å²) in [5.74, 6) is 0.259. The summed E-state index contributed by atoms with van der Waals surface area (Å²) in [5, 5.41) is 15.2. The van der Waals surface area contributed by atoms with Crippen LogP contribution >= 0.6 is 0 Å². The zero-order chi connectivity index (χ0) is 19.9. The molecule has 0 atom stereocenters.